The Bertz CT molecular complexity index is 826. The number of nitrogens with one attached hydrogen (secondary N) is 1. The fourth-order valence-corrected chi connectivity index (χ4v) is 3.63. The number of rotatable bonds is 6. The molecule has 1 aromatic carbocycles. The molecule has 1 aromatic heterocycles. The van der Waals surface area contributed by atoms with Crippen molar-refractivity contribution in [1.82, 2.24) is 5.32 Å². The third kappa shape index (κ3) is 4.24. The molecule has 0 spiro atoms. The Morgan fingerprint density at radius 1 is 1.21 bits per heavy atom. The molecule has 6 nitrogen and oxygen atoms in total. The minimum Gasteiger partial charge on any atom is -0.464 e. The lowest BCUT2D eigenvalue weighted by Gasteiger charge is -2.14. The lowest BCUT2D eigenvalue weighted by molar-refractivity contribution is 0.0934. The maximum absolute atomic E-state index is 12.5. The van der Waals surface area contributed by atoms with Crippen molar-refractivity contribution in [3.8, 4) is 0 Å². The Kier molecular flexibility index (Phi) is 5.46. The fourth-order valence-electron chi connectivity index (χ4n) is 2.66. The van der Waals surface area contributed by atoms with E-state index in [1.54, 1.807) is 6.92 Å². The maximum atomic E-state index is 12.5. The van der Waals surface area contributed by atoms with Crippen LogP contribution in [0.2, 0.25) is 0 Å². The highest BCUT2D eigenvalue weighted by Crippen LogP contribution is 2.25. The molecule has 2 rings (SSSR count). The van der Waals surface area contributed by atoms with Crippen LogP contribution in [0.15, 0.2) is 39.6 Å². The molecule has 2 aromatic rings. The first-order valence-electron chi connectivity index (χ1n) is 7.67. The summed E-state index contributed by atoms with van der Waals surface area (Å²) in [5, 5.41) is 8.02. The van der Waals surface area contributed by atoms with Gasteiger partial charge >= 0.3 is 0 Å². The summed E-state index contributed by atoms with van der Waals surface area (Å²) in [6, 6.07) is 9.81. The number of amides is 1. The summed E-state index contributed by atoms with van der Waals surface area (Å²) < 4.78 is 28.7. The average molecular weight is 350 g/mol. The summed E-state index contributed by atoms with van der Waals surface area (Å²) in [7, 11) is -4.03. The minimum atomic E-state index is -4.03. The molecule has 0 saturated carbocycles. The number of hydrogen-bond acceptors (Lipinski definition) is 4. The summed E-state index contributed by atoms with van der Waals surface area (Å²) in [6.45, 7) is 4.90. The first-order chi connectivity index (χ1) is 11.2. The first-order valence-corrected chi connectivity index (χ1v) is 9.22. The SMILES string of the molecule is Cc1oc(C)c(S(N)(=O)=O)c1C(=O)N[C@@H](C)CCc1ccccc1. The van der Waals surface area contributed by atoms with Crippen molar-refractivity contribution < 1.29 is 17.6 Å². The number of primary sulfonamides is 1. The Balaban J connectivity index is 2.10. The number of benzene rings is 1. The largest absolute Gasteiger partial charge is 0.464 e. The van der Waals surface area contributed by atoms with E-state index in [2.05, 4.69) is 5.32 Å². The Morgan fingerprint density at radius 2 is 1.83 bits per heavy atom. The maximum Gasteiger partial charge on any atom is 0.256 e. The molecule has 0 fully saturated rings. The van der Waals surface area contributed by atoms with Gasteiger partial charge in [-0.1, -0.05) is 30.3 Å². The van der Waals surface area contributed by atoms with Gasteiger partial charge in [-0.05, 0) is 39.2 Å². The molecular weight excluding hydrogens is 328 g/mol. The van der Waals surface area contributed by atoms with Gasteiger partial charge in [-0.2, -0.15) is 0 Å². The van der Waals surface area contributed by atoms with Gasteiger partial charge in [0.25, 0.3) is 5.91 Å². The molecule has 0 bridgehead atoms. The summed E-state index contributed by atoms with van der Waals surface area (Å²) >= 11 is 0. The van der Waals surface area contributed by atoms with Crippen molar-refractivity contribution in [2.75, 3.05) is 0 Å². The molecule has 0 saturated heterocycles. The zero-order chi connectivity index (χ0) is 17.9. The highest BCUT2D eigenvalue weighted by molar-refractivity contribution is 7.89. The van der Waals surface area contributed by atoms with E-state index in [9.17, 15) is 13.2 Å². The van der Waals surface area contributed by atoms with Gasteiger partial charge in [0.05, 0.1) is 0 Å². The molecule has 0 aliphatic heterocycles. The van der Waals surface area contributed by atoms with Crippen LogP contribution in [-0.4, -0.2) is 20.4 Å². The molecular formula is C17H22N2O4S. The van der Waals surface area contributed by atoms with Gasteiger partial charge in [-0.3, -0.25) is 4.79 Å². The normalized spacial score (nSPS) is 12.8. The van der Waals surface area contributed by atoms with Gasteiger partial charge in [0.15, 0.2) is 0 Å². The molecule has 0 aliphatic carbocycles. The van der Waals surface area contributed by atoms with Crippen LogP contribution in [-0.2, 0) is 16.4 Å². The number of furan rings is 1. The summed E-state index contributed by atoms with van der Waals surface area (Å²) in [5.74, 6) is -0.129. The highest BCUT2D eigenvalue weighted by atomic mass is 32.2. The molecule has 130 valence electrons. The smallest absolute Gasteiger partial charge is 0.256 e. The predicted molar refractivity (Wildman–Crippen MR) is 91.2 cm³/mol. The van der Waals surface area contributed by atoms with Crippen LogP contribution in [0.5, 0.6) is 0 Å². The molecule has 0 aliphatic rings. The van der Waals surface area contributed by atoms with Crippen LogP contribution in [0, 0.1) is 13.8 Å². The second-order valence-electron chi connectivity index (χ2n) is 5.86. The van der Waals surface area contributed by atoms with E-state index in [-0.39, 0.29) is 28.0 Å². The van der Waals surface area contributed by atoms with E-state index in [0.717, 1.165) is 12.8 Å². The van der Waals surface area contributed by atoms with Crippen LogP contribution in [0.25, 0.3) is 0 Å². The van der Waals surface area contributed by atoms with E-state index in [1.165, 1.54) is 12.5 Å². The average Bonchev–Trinajstić information content (AvgIpc) is 2.80. The molecule has 0 radical (unpaired) electrons. The second-order valence-corrected chi connectivity index (χ2v) is 7.36. The highest BCUT2D eigenvalue weighted by Gasteiger charge is 2.29. The van der Waals surface area contributed by atoms with Gasteiger partial charge in [0, 0.05) is 6.04 Å². The van der Waals surface area contributed by atoms with Gasteiger partial charge < -0.3 is 9.73 Å². The van der Waals surface area contributed by atoms with Gasteiger partial charge in [-0.25, -0.2) is 13.6 Å². The molecule has 1 atom stereocenters. The molecule has 24 heavy (non-hydrogen) atoms. The zero-order valence-corrected chi connectivity index (χ0v) is 14.8. The van der Waals surface area contributed by atoms with Crippen molar-refractivity contribution >= 4 is 15.9 Å². The van der Waals surface area contributed by atoms with Crippen LogP contribution in [0.4, 0.5) is 0 Å². The molecule has 3 N–H and O–H groups in total. The summed E-state index contributed by atoms with van der Waals surface area (Å²) in [4.78, 5) is 12.2. The van der Waals surface area contributed by atoms with E-state index < -0.39 is 15.9 Å². The van der Waals surface area contributed by atoms with E-state index in [1.807, 2.05) is 37.3 Å². The second kappa shape index (κ2) is 7.19. The number of carbonyl (C=O) groups excluding carboxylic acids is 1. The van der Waals surface area contributed by atoms with Crippen molar-refractivity contribution in [2.24, 2.45) is 5.14 Å². The summed E-state index contributed by atoms with van der Waals surface area (Å²) in [5.41, 5.74) is 1.17. The third-order valence-electron chi connectivity index (χ3n) is 3.80. The van der Waals surface area contributed by atoms with Gasteiger partial charge in [-0.15, -0.1) is 0 Å². The Labute approximate surface area is 142 Å². The van der Waals surface area contributed by atoms with Crippen LogP contribution < -0.4 is 10.5 Å². The number of carbonyl (C=O) groups is 1. The van der Waals surface area contributed by atoms with Crippen molar-refractivity contribution in [2.45, 2.75) is 44.6 Å². The number of aryl methyl sites for hydroxylation is 3. The number of nitrogens with two attached hydrogens (primary N) is 1. The standard InChI is InChI=1S/C17H22N2O4S/c1-11(9-10-14-7-5-4-6-8-14)19-17(20)15-12(2)23-13(3)16(15)24(18,21)22/h4-8,11H,9-10H2,1-3H3,(H,19,20)(H2,18,21,22)/t11-/m0/s1. The fraction of sp³-hybridized carbons (Fsp3) is 0.353. The molecule has 1 heterocycles. The first kappa shape index (κ1) is 18.2. The van der Waals surface area contributed by atoms with Gasteiger partial charge in [0.2, 0.25) is 10.0 Å². The van der Waals surface area contributed by atoms with Crippen molar-refractivity contribution in [3.05, 3.63) is 53.0 Å². The van der Waals surface area contributed by atoms with Crippen molar-refractivity contribution in [1.29, 1.82) is 0 Å². The van der Waals surface area contributed by atoms with E-state index >= 15 is 0 Å². The quantitative estimate of drug-likeness (QED) is 0.834. The number of sulfonamides is 1. The topological polar surface area (TPSA) is 102 Å². The lowest BCUT2D eigenvalue weighted by Crippen LogP contribution is -2.34. The predicted octanol–water partition coefficient (Wildman–Crippen LogP) is 2.29. The molecule has 7 heteroatoms. The molecule has 1 amide bonds. The number of hydrogen-bond donors (Lipinski definition) is 2. The van der Waals surface area contributed by atoms with E-state index in [0.29, 0.717) is 0 Å². The monoisotopic (exact) mass is 350 g/mol. The lowest BCUT2D eigenvalue weighted by atomic mass is 10.1. The Hall–Kier alpha value is -2.12. The zero-order valence-electron chi connectivity index (χ0n) is 14.0. The Morgan fingerprint density at radius 3 is 2.42 bits per heavy atom. The third-order valence-corrected chi connectivity index (χ3v) is 4.86. The van der Waals surface area contributed by atoms with E-state index in [4.69, 9.17) is 9.56 Å². The summed E-state index contributed by atoms with van der Waals surface area (Å²) in [6.07, 6.45) is 1.55. The van der Waals surface area contributed by atoms with Crippen LogP contribution in [0.3, 0.4) is 0 Å². The minimum absolute atomic E-state index is 0.0124. The van der Waals surface area contributed by atoms with Crippen LogP contribution >= 0.6 is 0 Å². The molecule has 0 unspecified atom stereocenters. The van der Waals surface area contributed by atoms with Crippen molar-refractivity contribution in [3.63, 3.8) is 0 Å². The van der Waals surface area contributed by atoms with Crippen LogP contribution in [0.1, 0.15) is 40.8 Å². The van der Waals surface area contributed by atoms with Gasteiger partial charge in [0.1, 0.15) is 22.0 Å².